The van der Waals surface area contributed by atoms with Crippen LogP contribution in [0.5, 0.6) is 0 Å². The van der Waals surface area contributed by atoms with Crippen LogP contribution in [-0.2, 0) is 0 Å². The number of thiophene rings is 1. The Morgan fingerprint density at radius 1 is 0.215 bits per heavy atom. The highest BCUT2D eigenvalue weighted by molar-refractivity contribution is 7.26. The van der Waals surface area contributed by atoms with E-state index in [1.807, 2.05) is 47.7 Å². The van der Waals surface area contributed by atoms with E-state index in [4.69, 9.17) is 15.0 Å². The lowest BCUT2D eigenvalue weighted by Crippen LogP contribution is -2.10. The fraction of sp³-hybridized carbons (Fsp3) is 0. The number of hydrogen-bond donors (Lipinski definition) is 0. The zero-order valence-electron chi connectivity index (χ0n) is 50.4. The average Bonchev–Trinajstić information content (AvgIpc) is 1.62. The summed E-state index contributed by atoms with van der Waals surface area (Å²) in [6.45, 7) is 0. The van der Waals surface area contributed by atoms with Crippen molar-refractivity contribution in [3.8, 4) is 84.4 Å². The van der Waals surface area contributed by atoms with E-state index in [9.17, 15) is 0 Å². The summed E-state index contributed by atoms with van der Waals surface area (Å²) in [5, 5.41) is 12.5. The van der Waals surface area contributed by atoms with Gasteiger partial charge in [-0.2, -0.15) is 0 Å². The van der Waals surface area contributed by atoms with Crippen molar-refractivity contribution >= 4 is 103 Å². The van der Waals surface area contributed by atoms with E-state index in [2.05, 4.69) is 307 Å². The second-order valence-electron chi connectivity index (χ2n) is 23.9. The van der Waals surface area contributed by atoms with Crippen LogP contribution in [0.2, 0.25) is 0 Å². The molecule has 93 heavy (non-hydrogen) atoms. The highest BCUT2D eigenvalue weighted by atomic mass is 32.1. The Balaban J connectivity index is 0.801. The lowest BCUT2D eigenvalue weighted by molar-refractivity contribution is 1.07. The molecular weight excluding hydrogens is 1150 g/mol. The van der Waals surface area contributed by atoms with Crippen molar-refractivity contribution in [3.63, 3.8) is 0 Å². The largest absolute Gasteiger partial charge is 0.310 e. The topological polar surface area (TPSA) is 46.8 Å². The summed E-state index contributed by atoms with van der Waals surface area (Å²) < 4.78 is 4.94. The van der Waals surface area contributed by atoms with Crippen LogP contribution in [0.3, 0.4) is 0 Å². The maximum atomic E-state index is 5.19. The Labute approximate surface area is 541 Å². The smallest absolute Gasteiger partial charge is 0.164 e. The van der Waals surface area contributed by atoms with Gasteiger partial charge < -0.3 is 9.47 Å². The number of hydrogen-bond acceptors (Lipinski definition) is 5. The van der Waals surface area contributed by atoms with Crippen LogP contribution in [0.15, 0.2) is 334 Å². The molecule has 0 atom stereocenters. The van der Waals surface area contributed by atoms with Gasteiger partial charge in [0.05, 0.1) is 11.0 Å². The molecule has 3 aromatic heterocycles. The second-order valence-corrected chi connectivity index (χ2v) is 25.0. The minimum absolute atomic E-state index is 0.609. The van der Waals surface area contributed by atoms with Gasteiger partial charge in [-0.25, -0.2) is 15.0 Å². The van der Waals surface area contributed by atoms with Gasteiger partial charge in [-0.3, -0.25) is 0 Å². The Kier molecular flexibility index (Phi) is 13.0. The fourth-order valence-corrected chi connectivity index (χ4v) is 15.0. The first-order chi connectivity index (χ1) is 46.1. The van der Waals surface area contributed by atoms with Crippen molar-refractivity contribution in [3.05, 3.63) is 334 Å². The fourth-order valence-electron chi connectivity index (χ4n) is 13.9. The van der Waals surface area contributed by atoms with Crippen LogP contribution >= 0.6 is 11.3 Å². The molecule has 18 aromatic rings. The summed E-state index contributed by atoms with van der Waals surface area (Å²) in [6.07, 6.45) is 0. The van der Waals surface area contributed by atoms with Gasteiger partial charge in [0, 0.05) is 70.4 Å². The molecule has 15 aromatic carbocycles. The third-order valence-electron chi connectivity index (χ3n) is 18.4. The molecule has 0 saturated heterocycles. The molecular formula is C87H55N5S. The molecule has 0 spiro atoms. The summed E-state index contributed by atoms with van der Waals surface area (Å²) in [4.78, 5) is 17.8. The third kappa shape index (κ3) is 9.59. The van der Waals surface area contributed by atoms with E-state index in [1.165, 1.54) is 85.7 Å². The number of fused-ring (bicyclic) bond motifs is 12. The molecule has 3 heterocycles. The average molecular weight is 1200 g/mol. The molecule has 0 amide bonds. The summed E-state index contributed by atoms with van der Waals surface area (Å²) in [5.74, 6) is 1.86. The van der Waals surface area contributed by atoms with Crippen molar-refractivity contribution < 1.29 is 0 Å². The number of aromatic nitrogens is 4. The first-order valence-corrected chi connectivity index (χ1v) is 32.4. The summed E-state index contributed by atoms with van der Waals surface area (Å²) in [6, 6.07) is 121. The molecule has 434 valence electrons. The monoisotopic (exact) mass is 1200 g/mol. The Hall–Kier alpha value is -12.1. The molecule has 0 radical (unpaired) electrons. The molecule has 0 fully saturated rings. The molecule has 0 aliphatic rings. The maximum Gasteiger partial charge on any atom is 0.164 e. The second kappa shape index (κ2) is 22.4. The lowest BCUT2D eigenvalue weighted by Gasteiger charge is -2.26. The molecule has 6 heteroatoms. The Morgan fingerprint density at radius 3 is 1.13 bits per heavy atom. The molecule has 0 N–H and O–H groups in total. The number of benzene rings is 15. The van der Waals surface area contributed by atoms with E-state index in [1.54, 1.807) is 0 Å². The van der Waals surface area contributed by atoms with Crippen molar-refractivity contribution in [2.75, 3.05) is 4.90 Å². The van der Waals surface area contributed by atoms with E-state index in [0.29, 0.717) is 17.5 Å². The molecule has 0 saturated carbocycles. The zero-order valence-corrected chi connectivity index (χ0v) is 51.2. The number of rotatable bonds is 11. The van der Waals surface area contributed by atoms with E-state index in [0.717, 1.165) is 72.5 Å². The quantitative estimate of drug-likeness (QED) is 0.121. The number of anilines is 3. The standard InChI is InChI=1S/C87H55N5S/c1-5-19-56(20-6-1)58-35-37-59(38-36-58)61-41-46-68(47-42-61)91(67-44-39-60(40-45-67)57-21-7-2-8-22-57)69-29-17-27-64(49-69)65-43-48-81-77(51-65)78-53-80-79-52-75-73-33-15-13-31-71(73)72-32-14-16-34-74(72)76(75)54-83(79)93-84(80)55-82(78)92(81)70-30-18-28-66(50-70)87-89-85(62-23-9-3-10-24-62)88-86(90-87)63-25-11-4-12-26-63/h1-55H. The zero-order chi connectivity index (χ0) is 61.3. The van der Waals surface area contributed by atoms with Crippen LogP contribution in [-0.4, -0.2) is 19.5 Å². The van der Waals surface area contributed by atoms with Gasteiger partial charge in [0.2, 0.25) is 0 Å². The van der Waals surface area contributed by atoms with Crippen LogP contribution in [0, 0.1) is 0 Å². The Bertz CT molecular complexity index is 5830. The van der Waals surface area contributed by atoms with Gasteiger partial charge in [0.1, 0.15) is 0 Å². The molecule has 18 rings (SSSR count). The van der Waals surface area contributed by atoms with E-state index < -0.39 is 0 Å². The van der Waals surface area contributed by atoms with Crippen molar-refractivity contribution in [1.82, 2.24) is 19.5 Å². The Morgan fingerprint density at radius 2 is 0.591 bits per heavy atom. The van der Waals surface area contributed by atoms with E-state index >= 15 is 0 Å². The molecule has 0 aliphatic heterocycles. The van der Waals surface area contributed by atoms with Gasteiger partial charge in [-0.1, -0.05) is 249 Å². The molecule has 5 nitrogen and oxygen atoms in total. The molecule has 0 bridgehead atoms. The number of nitrogens with zero attached hydrogens (tertiary/aromatic N) is 5. The predicted octanol–water partition coefficient (Wildman–Crippen LogP) is 23.9. The van der Waals surface area contributed by atoms with Gasteiger partial charge in [-0.05, 0) is 162 Å². The minimum Gasteiger partial charge on any atom is -0.310 e. The van der Waals surface area contributed by atoms with Gasteiger partial charge in [-0.15, -0.1) is 11.3 Å². The first kappa shape index (κ1) is 53.9. The first-order valence-electron chi connectivity index (χ1n) is 31.5. The highest BCUT2D eigenvalue weighted by Gasteiger charge is 2.22. The predicted molar refractivity (Wildman–Crippen MR) is 392 cm³/mol. The van der Waals surface area contributed by atoms with Crippen molar-refractivity contribution in [2.24, 2.45) is 0 Å². The molecule has 0 aliphatic carbocycles. The lowest BCUT2D eigenvalue weighted by atomic mass is 9.93. The van der Waals surface area contributed by atoms with Crippen LogP contribution in [0.1, 0.15) is 0 Å². The highest BCUT2D eigenvalue weighted by Crippen LogP contribution is 2.47. The van der Waals surface area contributed by atoms with Gasteiger partial charge >= 0.3 is 0 Å². The van der Waals surface area contributed by atoms with Gasteiger partial charge in [0.15, 0.2) is 17.5 Å². The summed E-state index contributed by atoms with van der Waals surface area (Å²) in [5.41, 5.74) is 18.5. The minimum atomic E-state index is 0.609. The van der Waals surface area contributed by atoms with Crippen molar-refractivity contribution in [1.29, 1.82) is 0 Å². The maximum absolute atomic E-state index is 5.19. The van der Waals surface area contributed by atoms with Crippen molar-refractivity contribution in [2.45, 2.75) is 0 Å². The SMILES string of the molecule is c1ccc(-c2ccc(-c3ccc(N(c4ccc(-c5ccccc5)cc4)c4cccc(-c5ccc6c(c5)c5cc7c(cc5n6-c5cccc(-c6nc(-c8ccccc8)nc(-c8ccccc8)n6)c5)sc5cc6c8ccccc8c8ccccc8c6cc57)c4)cc3)cc2)cc1. The third-order valence-corrected chi connectivity index (χ3v) is 19.5. The molecule has 0 unspecified atom stereocenters. The summed E-state index contributed by atoms with van der Waals surface area (Å²) >= 11 is 1.87. The van der Waals surface area contributed by atoms with E-state index in [-0.39, 0.29) is 0 Å². The van der Waals surface area contributed by atoms with Crippen LogP contribution in [0.25, 0.3) is 159 Å². The van der Waals surface area contributed by atoms with Crippen LogP contribution < -0.4 is 4.90 Å². The normalized spacial score (nSPS) is 11.7. The van der Waals surface area contributed by atoms with Gasteiger partial charge in [0.25, 0.3) is 0 Å². The summed E-state index contributed by atoms with van der Waals surface area (Å²) in [7, 11) is 0. The van der Waals surface area contributed by atoms with Crippen LogP contribution in [0.4, 0.5) is 17.1 Å².